The largest absolute Gasteiger partial charge is 0.481 e. The molecular weight excluding hydrogens is 282 g/mol. The number of amides is 1. The minimum atomic E-state index is -1.02. The number of ether oxygens (including phenoxy) is 1. The summed E-state index contributed by atoms with van der Waals surface area (Å²) in [7, 11) is 0. The van der Waals surface area contributed by atoms with Gasteiger partial charge in [-0.25, -0.2) is 0 Å². The third kappa shape index (κ3) is 2.19. The number of carbonyl (C=O) groups is 2. The van der Waals surface area contributed by atoms with Gasteiger partial charge in [0.05, 0.1) is 18.1 Å². The molecule has 0 spiro atoms. The summed E-state index contributed by atoms with van der Waals surface area (Å²) < 4.78 is 5.46. The molecule has 2 heterocycles. The zero-order chi connectivity index (χ0) is 14.3. The van der Waals surface area contributed by atoms with Crippen molar-refractivity contribution in [3.63, 3.8) is 0 Å². The van der Waals surface area contributed by atoms with Gasteiger partial charge >= 0.3 is 5.97 Å². The van der Waals surface area contributed by atoms with Gasteiger partial charge in [0.15, 0.2) is 0 Å². The average molecular weight is 294 g/mol. The first-order valence-electron chi connectivity index (χ1n) is 6.19. The second-order valence-corrected chi connectivity index (χ2v) is 5.27. The van der Waals surface area contributed by atoms with Gasteiger partial charge < -0.3 is 15.2 Å². The van der Waals surface area contributed by atoms with Crippen molar-refractivity contribution >= 4 is 29.2 Å². The molecule has 6 heteroatoms. The molecule has 2 N–H and O–H groups in total. The number of halogens is 1. The van der Waals surface area contributed by atoms with E-state index in [2.05, 4.69) is 5.32 Å². The highest BCUT2D eigenvalue weighted by atomic mass is 35.5. The molecule has 2 aliphatic rings. The van der Waals surface area contributed by atoms with Crippen molar-refractivity contribution in [1.82, 2.24) is 0 Å². The number of aliphatic carboxylic acids is 1. The van der Waals surface area contributed by atoms with Crippen LogP contribution in [0.3, 0.4) is 0 Å². The zero-order valence-electron chi connectivity index (χ0n) is 10.3. The van der Waals surface area contributed by atoms with Gasteiger partial charge in [0, 0.05) is 10.7 Å². The highest BCUT2D eigenvalue weighted by molar-refractivity contribution is 6.30. The summed E-state index contributed by atoms with van der Waals surface area (Å²) in [5, 5.41) is 12.5. The van der Waals surface area contributed by atoms with E-state index in [4.69, 9.17) is 16.3 Å². The quantitative estimate of drug-likeness (QED) is 0.835. The molecule has 3 rings (SSSR count). The van der Waals surface area contributed by atoms with Gasteiger partial charge in [-0.1, -0.05) is 23.8 Å². The fourth-order valence-electron chi connectivity index (χ4n) is 2.67. The molecule has 0 unspecified atom stereocenters. The van der Waals surface area contributed by atoms with Gasteiger partial charge in [-0.15, -0.1) is 0 Å². The Hall–Kier alpha value is -1.85. The minimum Gasteiger partial charge on any atom is -0.481 e. The Morgan fingerprint density at radius 1 is 1.10 bits per heavy atom. The van der Waals surface area contributed by atoms with E-state index in [1.165, 1.54) is 0 Å². The van der Waals surface area contributed by atoms with Crippen LogP contribution in [0.15, 0.2) is 36.4 Å². The number of rotatable bonds is 3. The summed E-state index contributed by atoms with van der Waals surface area (Å²) in [6.07, 6.45) is 2.47. The molecule has 1 saturated heterocycles. The smallest absolute Gasteiger partial charge is 0.310 e. The molecule has 2 aliphatic heterocycles. The maximum absolute atomic E-state index is 12.3. The third-order valence-electron chi connectivity index (χ3n) is 3.60. The lowest BCUT2D eigenvalue weighted by Crippen LogP contribution is -2.39. The predicted octanol–water partition coefficient (Wildman–Crippen LogP) is 1.93. The summed E-state index contributed by atoms with van der Waals surface area (Å²) in [5.41, 5.74) is 0.579. The van der Waals surface area contributed by atoms with Crippen molar-refractivity contribution < 1.29 is 19.4 Å². The van der Waals surface area contributed by atoms with E-state index in [1.807, 2.05) is 0 Å². The lowest BCUT2D eigenvalue weighted by atomic mass is 9.82. The Balaban J connectivity index is 1.78. The summed E-state index contributed by atoms with van der Waals surface area (Å²) in [4.78, 5) is 23.6. The maximum atomic E-state index is 12.3. The second kappa shape index (κ2) is 4.92. The normalized spacial score (nSPS) is 30.4. The molecule has 1 fully saturated rings. The van der Waals surface area contributed by atoms with Crippen molar-refractivity contribution in [2.75, 3.05) is 5.32 Å². The second-order valence-electron chi connectivity index (χ2n) is 4.84. The van der Waals surface area contributed by atoms with Gasteiger partial charge in [-0.3, -0.25) is 9.59 Å². The summed E-state index contributed by atoms with van der Waals surface area (Å²) in [6.45, 7) is 0. The molecule has 104 valence electrons. The molecule has 1 amide bonds. The van der Waals surface area contributed by atoms with Crippen LogP contribution in [0.5, 0.6) is 0 Å². The zero-order valence-corrected chi connectivity index (χ0v) is 11.1. The van der Waals surface area contributed by atoms with E-state index in [1.54, 1.807) is 36.4 Å². The first kappa shape index (κ1) is 13.1. The van der Waals surface area contributed by atoms with E-state index < -0.39 is 30.0 Å². The number of carbonyl (C=O) groups excluding carboxylic acids is 1. The van der Waals surface area contributed by atoms with Crippen molar-refractivity contribution in [2.45, 2.75) is 12.2 Å². The van der Waals surface area contributed by atoms with E-state index in [0.29, 0.717) is 10.7 Å². The molecule has 0 aromatic heterocycles. The monoisotopic (exact) mass is 293 g/mol. The number of anilines is 1. The van der Waals surface area contributed by atoms with Crippen LogP contribution in [-0.4, -0.2) is 29.2 Å². The number of hydrogen-bond acceptors (Lipinski definition) is 3. The van der Waals surface area contributed by atoms with E-state index in [0.717, 1.165) is 0 Å². The first-order valence-corrected chi connectivity index (χ1v) is 6.57. The molecule has 1 aromatic rings. The maximum Gasteiger partial charge on any atom is 0.310 e. The Morgan fingerprint density at radius 3 is 2.30 bits per heavy atom. The number of carboxylic acid groups (broad SMARTS) is 1. The molecule has 2 bridgehead atoms. The SMILES string of the molecule is O=C(O)[C@@H]1[C@H](C(=O)Nc2ccc(Cl)cc2)[C@H]2C=C[C@@H]1O2. The Bertz CT molecular complexity index is 583. The summed E-state index contributed by atoms with van der Waals surface area (Å²) in [6, 6.07) is 6.64. The van der Waals surface area contributed by atoms with Gasteiger partial charge in [-0.2, -0.15) is 0 Å². The lowest BCUT2D eigenvalue weighted by molar-refractivity contribution is -0.145. The van der Waals surface area contributed by atoms with Crippen LogP contribution in [0, 0.1) is 11.8 Å². The van der Waals surface area contributed by atoms with Crippen molar-refractivity contribution in [3.05, 3.63) is 41.4 Å². The molecule has 0 aliphatic carbocycles. The van der Waals surface area contributed by atoms with Gasteiger partial charge in [-0.05, 0) is 24.3 Å². The van der Waals surface area contributed by atoms with Crippen LogP contribution in [0.25, 0.3) is 0 Å². The molecule has 1 aromatic carbocycles. The standard InChI is InChI=1S/C14H12ClNO4/c15-7-1-3-8(4-2-7)16-13(17)11-9-5-6-10(20-9)12(11)14(18)19/h1-6,9-12H,(H,16,17)(H,18,19)/t9-,10+,11-,12+/m1/s1. The Labute approximate surface area is 120 Å². The van der Waals surface area contributed by atoms with Gasteiger partial charge in [0.2, 0.25) is 5.91 Å². The van der Waals surface area contributed by atoms with E-state index >= 15 is 0 Å². The average Bonchev–Trinajstić information content (AvgIpc) is 3.01. The van der Waals surface area contributed by atoms with Crippen LogP contribution in [0.1, 0.15) is 0 Å². The van der Waals surface area contributed by atoms with Gasteiger partial charge in [0.25, 0.3) is 0 Å². The van der Waals surface area contributed by atoms with Crippen molar-refractivity contribution in [3.8, 4) is 0 Å². The highest BCUT2D eigenvalue weighted by Crippen LogP contribution is 2.39. The van der Waals surface area contributed by atoms with Crippen LogP contribution in [0.2, 0.25) is 5.02 Å². The molecular formula is C14H12ClNO4. The van der Waals surface area contributed by atoms with E-state index in [9.17, 15) is 14.7 Å². The minimum absolute atomic E-state index is 0.350. The fourth-order valence-corrected chi connectivity index (χ4v) is 2.80. The fraction of sp³-hybridized carbons (Fsp3) is 0.286. The predicted molar refractivity (Wildman–Crippen MR) is 72.5 cm³/mol. The van der Waals surface area contributed by atoms with Crippen molar-refractivity contribution in [2.24, 2.45) is 11.8 Å². The van der Waals surface area contributed by atoms with Crippen LogP contribution >= 0.6 is 11.6 Å². The van der Waals surface area contributed by atoms with E-state index in [-0.39, 0.29) is 5.91 Å². The van der Waals surface area contributed by atoms with Crippen molar-refractivity contribution in [1.29, 1.82) is 0 Å². The summed E-state index contributed by atoms with van der Waals surface area (Å²) in [5.74, 6) is -2.91. The van der Waals surface area contributed by atoms with Crippen LogP contribution < -0.4 is 5.32 Å². The Kier molecular flexibility index (Phi) is 3.23. The van der Waals surface area contributed by atoms with Gasteiger partial charge in [0.1, 0.15) is 5.92 Å². The lowest BCUT2D eigenvalue weighted by Gasteiger charge is -2.20. The number of carboxylic acids is 1. The topological polar surface area (TPSA) is 75.6 Å². The Morgan fingerprint density at radius 2 is 1.70 bits per heavy atom. The molecule has 0 radical (unpaired) electrons. The third-order valence-corrected chi connectivity index (χ3v) is 3.85. The molecule has 0 saturated carbocycles. The number of fused-ring (bicyclic) bond motifs is 2. The summed E-state index contributed by atoms with van der Waals surface area (Å²) >= 11 is 5.77. The molecule has 4 atom stereocenters. The highest BCUT2D eigenvalue weighted by Gasteiger charge is 2.53. The number of nitrogens with one attached hydrogen (secondary N) is 1. The van der Waals surface area contributed by atoms with Crippen LogP contribution in [-0.2, 0) is 14.3 Å². The first-order chi connectivity index (χ1) is 9.56. The number of hydrogen-bond donors (Lipinski definition) is 2. The molecule has 20 heavy (non-hydrogen) atoms. The number of benzene rings is 1. The molecule has 5 nitrogen and oxygen atoms in total. The van der Waals surface area contributed by atoms with Crippen LogP contribution in [0.4, 0.5) is 5.69 Å².